The van der Waals surface area contributed by atoms with Crippen LogP contribution in [0, 0.1) is 6.92 Å². The van der Waals surface area contributed by atoms with E-state index in [1.165, 1.54) is 23.1 Å². The summed E-state index contributed by atoms with van der Waals surface area (Å²) in [4.78, 5) is 0. The molecule has 2 heteroatoms. The summed E-state index contributed by atoms with van der Waals surface area (Å²) in [6.45, 7) is 4.17. The molecule has 0 aromatic heterocycles. The smallest absolute Gasteiger partial charge is 0.127 e. The van der Waals surface area contributed by atoms with Crippen LogP contribution in [0.15, 0.2) is 12.1 Å². The molecule has 0 amide bonds. The SMILES string of the molecule is Cc1cc2c(c([C@H]3CCN3)c1)OCC2. The lowest BCUT2D eigenvalue weighted by Gasteiger charge is -2.29. The summed E-state index contributed by atoms with van der Waals surface area (Å²) in [6, 6.07) is 5.06. The first-order chi connectivity index (χ1) is 6.84. The van der Waals surface area contributed by atoms with E-state index in [1.54, 1.807) is 0 Å². The van der Waals surface area contributed by atoms with E-state index in [2.05, 4.69) is 24.4 Å². The Bertz CT molecular complexity index is 369. The summed E-state index contributed by atoms with van der Waals surface area (Å²) in [5, 5.41) is 3.44. The van der Waals surface area contributed by atoms with Crippen LogP contribution in [0.25, 0.3) is 0 Å². The molecular formula is C12H15NO. The minimum absolute atomic E-state index is 0.543. The zero-order chi connectivity index (χ0) is 9.54. The fourth-order valence-electron chi connectivity index (χ4n) is 2.32. The number of ether oxygens (including phenoxy) is 1. The van der Waals surface area contributed by atoms with Gasteiger partial charge in [-0.2, -0.15) is 0 Å². The summed E-state index contributed by atoms with van der Waals surface area (Å²) < 4.78 is 5.70. The zero-order valence-corrected chi connectivity index (χ0v) is 8.47. The van der Waals surface area contributed by atoms with Gasteiger partial charge in [-0.1, -0.05) is 17.7 Å². The molecule has 0 saturated carbocycles. The maximum Gasteiger partial charge on any atom is 0.127 e. The average Bonchev–Trinajstić information content (AvgIpc) is 2.47. The van der Waals surface area contributed by atoms with E-state index in [-0.39, 0.29) is 0 Å². The third-order valence-electron chi connectivity index (χ3n) is 3.16. The van der Waals surface area contributed by atoms with Crippen LogP contribution < -0.4 is 10.1 Å². The molecule has 0 bridgehead atoms. The monoisotopic (exact) mass is 189 g/mol. The van der Waals surface area contributed by atoms with Gasteiger partial charge in [-0.3, -0.25) is 0 Å². The number of hydrogen-bond acceptors (Lipinski definition) is 2. The van der Waals surface area contributed by atoms with Gasteiger partial charge >= 0.3 is 0 Å². The van der Waals surface area contributed by atoms with Crippen LogP contribution in [0.2, 0.25) is 0 Å². The summed E-state index contributed by atoms with van der Waals surface area (Å²) >= 11 is 0. The molecule has 1 saturated heterocycles. The molecular weight excluding hydrogens is 174 g/mol. The van der Waals surface area contributed by atoms with E-state index < -0.39 is 0 Å². The van der Waals surface area contributed by atoms with E-state index in [4.69, 9.17) is 4.74 Å². The van der Waals surface area contributed by atoms with E-state index in [9.17, 15) is 0 Å². The molecule has 0 spiro atoms. The highest BCUT2D eigenvalue weighted by Crippen LogP contribution is 2.37. The molecule has 2 heterocycles. The van der Waals surface area contributed by atoms with Gasteiger partial charge in [0.05, 0.1) is 6.61 Å². The molecule has 0 radical (unpaired) electrons. The molecule has 0 aliphatic carbocycles. The summed E-state index contributed by atoms with van der Waals surface area (Å²) in [7, 11) is 0. The van der Waals surface area contributed by atoms with E-state index in [0.717, 1.165) is 25.3 Å². The first-order valence-corrected chi connectivity index (χ1v) is 5.34. The fourth-order valence-corrected chi connectivity index (χ4v) is 2.32. The van der Waals surface area contributed by atoms with Crippen molar-refractivity contribution in [2.45, 2.75) is 25.8 Å². The largest absolute Gasteiger partial charge is 0.493 e. The molecule has 1 aromatic rings. The van der Waals surface area contributed by atoms with Crippen LogP contribution in [0.4, 0.5) is 0 Å². The van der Waals surface area contributed by atoms with Crippen molar-refractivity contribution in [1.82, 2.24) is 5.32 Å². The van der Waals surface area contributed by atoms with E-state index in [0.29, 0.717) is 6.04 Å². The van der Waals surface area contributed by atoms with Gasteiger partial charge in [-0.25, -0.2) is 0 Å². The molecule has 0 unspecified atom stereocenters. The molecule has 1 aromatic carbocycles. The van der Waals surface area contributed by atoms with Gasteiger partial charge in [0, 0.05) is 18.0 Å². The van der Waals surface area contributed by atoms with Crippen molar-refractivity contribution in [3.8, 4) is 5.75 Å². The van der Waals surface area contributed by atoms with Gasteiger partial charge in [-0.15, -0.1) is 0 Å². The highest BCUT2D eigenvalue weighted by Gasteiger charge is 2.26. The number of nitrogens with one attached hydrogen (secondary N) is 1. The lowest BCUT2D eigenvalue weighted by Crippen LogP contribution is -2.35. The van der Waals surface area contributed by atoms with Crippen molar-refractivity contribution >= 4 is 0 Å². The van der Waals surface area contributed by atoms with Crippen molar-refractivity contribution < 1.29 is 4.74 Å². The second kappa shape index (κ2) is 2.99. The Balaban J connectivity index is 2.08. The molecule has 74 valence electrons. The maximum atomic E-state index is 5.70. The Morgan fingerprint density at radius 2 is 2.29 bits per heavy atom. The molecule has 14 heavy (non-hydrogen) atoms. The first kappa shape index (κ1) is 8.30. The zero-order valence-electron chi connectivity index (χ0n) is 8.47. The number of fused-ring (bicyclic) bond motifs is 1. The predicted octanol–water partition coefficient (Wildman–Crippen LogP) is 1.96. The Morgan fingerprint density at radius 3 is 3.00 bits per heavy atom. The lowest BCUT2D eigenvalue weighted by atomic mass is 9.93. The summed E-state index contributed by atoms with van der Waals surface area (Å²) in [5.41, 5.74) is 4.13. The van der Waals surface area contributed by atoms with Crippen molar-refractivity contribution in [2.24, 2.45) is 0 Å². The second-order valence-corrected chi connectivity index (χ2v) is 4.24. The van der Waals surface area contributed by atoms with Gasteiger partial charge in [0.15, 0.2) is 0 Å². The van der Waals surface area contributed by atoms with Gasteiger partial charge < -0.3 is 10.1 Å². The van der Waals surface area contributed by atoms with Crippen molar-refractivity contribution in [3.05, 3.63) is 28.8 Å². The molecule has 1 atom stereocenters. The molecule has 3 rings (SSSR count). The highest BCUT2D eigenvalue weighted by atomic mass is 16.5. The molecule has 2 aliphatic heterocycles. The Labute approximate surface area is 84.3 Å². The van der Waals surface area contributed by atoms with Gasteiger partial charge in [0.2, 0.25) is 0 Å². The van der Waals surface area contributed by atoms with Crippen LogP contribution in [0.3, 0.4) is 0 Å². The maximum absolute atomic E-state index is 5.70. The number of benzene rings is 1. The van der Waals surface area contributed by atoms with Gasteiger partial charge in [-0.05, 0) is 25.5 Å². The minimum Gasteiger partial charge on any atom is -0.493 e. The highest BCUT2D eigenvalue weighted by molar-refractivity contribution is 5.48. The Morgan fingerprint density at radius 1 is 1.43 bits per heavy atom. The fraction of sp³-hybridized carbons (Fsp3) is 0.500. The standard InChI is InChI=1S/C12H15NO/c1-8-6-9-3-5-14-12(9)10(7-8)11-2-4-13-11/h6-7,11,13H,2-5H2,1H3/t11-/m1/s1. The van der Waals surface area contributed by atoms with Crippen molar-refractivity contribution in [1.29, 1.82) is 0 Å². The van der Waals surface area contributed by atoms with Gasteiger partial charge in [0.1, 0.15) is 5.75 Å². The third kappa shape index (κ3) is 1.14. The quantitative estimate of drug-likeness (QED) is 0.729. The van der Waals surface area contributed by atoms with E-state index >= 15 is 0 Å². The minimum atomic E-state index is 0.543. The molecule has 2 aliphatic rings. The lowest BCUT2D eigenvalue weighted by molar-refractivity contribution is 0.329. The number of aryl methyl sites for hydroxylation is 1. The number of hydrogen-bond donors (Lipinski definition) is 1. The predicted molar refractivity (Wildman–Crippen MR) is 55.7 cm³/mol. The first-order valence-electron chi connectivity index (χ1n) is 5.34. The normalized spacial score (nSPS) is 23.9. The molecule has 2 nitrogen and oxygen atoms in total. The van der Waals surface area contributed by atoms with Crippen LogP contribution in [0.1, 0.15) is 29.2 Å². The van der Waals surface area contributed by atoms with Gasteiger partial charge in [0.25, 0.3) is 0 Å². The van der Waals surface area contributed by atoms with E-state index in [1.807, 2.05) is 0 Å². The third-order valence-corrected chi connectivity index (χ3v) is 3.16. The second-order valence-electron chi connectivity index (χ2n) is 4.24. The topological polar surface area (TPSA) is 21.3 Å². The van der Waals surface area contributed by atoms with Crippen LogP contribution in [-0.2, 0) is 6.42 Å². The van der Waals surface area contributed by atoms with Crippen molar-refractivity contribution in [2.75, 3.05) is 13.2 Å². The van der Waals surface area contributed by atoms with Crippen LogP contribution >= 0.6 is 0 Å². The van der Waals surface area contributed by atoms with Crippen LogP contribution in [-0.4, -0.2) is 13.2 Å². The Kier molecular flexibility index (Phi) is 1.77. The Hall–Kier alpha value is -1.02. The van der Waals surface area contributed by atoms with Crippen LogP contribution in [0.5, 0.6) is 5.75 Å². The average molecular weight is 189 g/mol. The summed E-state index contributed by atoms with van der Waals surface area (Å²) in [5.74, 6) is 1.16. The molecule has 1 N–H and O–H groups in total. The molecule has 1 fully saturated rings. The van der Waals surface area contributed by atoms with Crippen molar-refractivity contribution in [3.63, 3.8) is 0 Å². The number of rotatable bonds is 1. The summed E-state index contributed by atoms with van der Waals surface area (Å²) in [6.07, 6.45) is 2.33.